The van der Waals surface area contributed by atoms with Gasteiger partial charge in [-0.1, -0.05) is 25.4 Å². The van der Waals surface area contributed by atoms with Gasteiger partial charge in [-0.15, -0.1) is 0 Å². The van der Waals surface area contributed by atoms with E-state index in [1.54, 1.807) is 12.1 Å². The van der Waals surface area contributed by atoms with Crippen LogP contribution >= 0.6 is 11.6 Å². The molecule has 0 bridgehead atoms. The van der Waals surface area contributed by atoms with Gasteiger partial charge in [0.05, 0.1) is 6.10 Å². The van der Waals surface area contributed by atoms with Crippen molar-refractivity contribution in [2.45, 2.75) is 51.7 Å². The number of nitrogens with one attached hydrogen (secondary N) is 1. The van der Waals surface area contributed by atoms with Gasteiger partial charge in [0.15, 0.2) is 0 Å². The van der Waals surface area contributed by atoms with E-state index in [2.05, 4.69) is 19.2 Å². The van der Waals surface area contributed by atoms with Crippen LogP contribution in [0.2, 0.25) is 5.02 Å². The molecule has 2 nitrogen and oxygen atoms in total. The standard InChI is InChI=1S/C17H25ClFNO/c1-3-8-20-16(14-7-9-21-17(14)4-2)11-12-10-13(19)5-6-15(12)18/h5-6,10,14,16-17,20H,3-4,7-9,11H2,1-2H3. The van der Waals surface area contributed by atoms with Crippen molar-refractivity contribution in [1.82, 2.24) is 5.32 Å². The summed E-state index contributed by atoms with van der Waals surface area (Å²) >= 11 is 6.23. The van der Waals surface area contributed by atoms with Gasteiger partial charge in [0.2, 0.25) is 0 Å². The predicted octanol–water partition coefficient (Wildman–Crippen LogP) is 4.20. The molecular formula is C17H25ClFNO. The molecule has 3 unspecified atom stereocenters. The molecule has 1 aliphatic rings. The molecule has 0 radical (unpaired) electrons. The summed E-state index contributed by atoms with van der Waals surface area (Å²) in [5, 5.41) is 4.25. The Bertz CT molecular complexity index is 454. The summed E-state index contributed by atoms with van der Waals surface area (Å²) in [6.45, 7) is 6.10. The van der Waals surface area contributed by atoms with Crippen molar-refractivity contribution in [1.29, 1.82) is 0 Å². The maximum absolute atomic E-state index is 13.5. The third-order valence-corrected chi connectivity index (χ3v) is 4.65. The summed E-state index contributed by atoms with van der Waals surface area (Å²) in [6, 6.07) is 4.90. The van der Waals surface area contributed by atoms with Gasteiger partial charge in [-0.2, -0.15) is 0 Å². The van der Waals surface area contributed by atoms with Gasteiger partial charge < -0.3 is 10.1 Å². The van der Waals surface area contributed by atoms with Crippen LogP contribution in [-0.2, 0) is 11.2 Å². The van der Waals surface area contributed by atoms with Crippen LogP contribution < -0.4 is 5.32 Å². The molecule has 1 N–H and O–H groups in total. The summed E-state index contributed by atoms with van der Waals surface area (Å²) < 4.78 is 19.3. The number of rotatable bonds is 7. The van der Waals surface area contributed by atoms with E-state index in [0.29, 0.717) is 17.0 Å². The van der Waals surface area contributed by atoms with Gasteiger partial charge >= 0.3 is 0 Å². The Morgan fingerprint density at radius 2 is 2.24 bits per heavy atom. The van der Waals surface area contributed by atoms with Crippen LogP contribution in [0.1, 0.15) is 38.7 Å². The van der Waals surface area contributed by atoms with Gasteiger partial charge in [0.25, 0.3) is 0 Å². The second kappa shape index (κ2) is 8.11. The summed E-state index contributed by atoms with van der Waals surface area (Å²) in [7, 11) is 0. The Labute approximate surface area is 132 Å². The van der Waals surface area contributed by atoms with Gasteiger partial charge in [-0.05, 0) is 56.0 Å². The third kappa shape index (κ3) is 4.41. The van der Waals surface area contributed by atoms with Crippen molar-refractivity contribution < 1.29 is 9.13 Å². The van der Waals surface area contributed by atoms with Gasteiger partial charge in [0.1, 0.15) is 5.82 Å². The first-order valence-electron chi connectivity index (χ1n) is 7.94. The van der Waals surface area contributed by atoms with Crippen molar-refractivity contribution in [3.63, 3.8) is 0 Å². The predicted molar refractivity (Wildman–Crippen MR) is 85.3 cm³/mol. The minimum Gasteiger partial charge on any atom is -0.378 e. The monoisotopic (exact) mass is 313 g/mol. The molecule has 1 aromatic carbocycles. The van der Waals surface area contributed by atoms with Gasteiger partial charge in [0, 0.05) is 23.6 Å². The average molecular weight is 314 g/mol. The van der Waals surface area contributed by atoms with E-state index < -0.39 is 0 Å². The van der Waals surface area contributed by atoms with Crippen molar-refractivity contribution >= 4 is 11.6 Å². The Morgan fingerprint density at radius 1 is 1.43 bits per heavy atom. The van der Waals surface area contributed by atoms with Crippen molar-refractivity contribution in [3.05, 3.63) is 34.6 Å². The SMILES string of the molecule is CCCNC(Cc1cc(F)ccc1Cl)C1CCOC1CC. The summed E-state index contributed by atoms with van der Waals surface area (Å²) in [4.78, 5) is 0. The van der Waals surface area contributed by atoms with E-state index in [1.165, 1.54) is 6.07 Å². The summed E-state index contributed by atoms with van der Waals surface area (Å²) in [6.07, 6.45) is 4.21. The minimum atomic E-state index is -0.224. The highest BCUT2D eigenvalue weighted by Gasteiger charge is 2.33. The quantitative estimate of drug-likeness (QED) is 0.814. The molecule has 0 amide bonds. The Hall–Kier alpha value is -0.640. The molecule has 1 heterocycles. The molecule has 118 valence electrons. The molecule has 1 saturated heterocycles. The van der Waals surface area contributed by atoms with Crippen LogP contribution in [0, 0.1) is 11.7 Å². The highest BCUT2D eigenvalue weighted by atomic mass is 35.5. The molecule has 21 heavy (non-hydrogen) atoms. The molecule has 0 spiro atoms. The van der Waals surface area contributed by atoms with Crippen LogP contribution in [0.4, 0.5) is 4.39 Å². The lowest BCUT2D eigenvalue weighted by Gasteiger charge is -2.28. The molecule has 0 saturated carbocycles. The van der Waals surface area contributed by atoms with E-state index in [4.69, 9.17) is 16.3 Å². The van der Waals surface area contributed by atoms with Crippen LogP contribution in [0.5, 0.6) is 0 Å². The fourth-order valence-corrected chi connectivity index (χ4v) is 3.38. The first-order chi connectivity index (χ1) is 10.2. The van der Waals surface area contributed by atoms with E-state index >= 15 is 0 Å². The second-order valence-corrected chi connectivity index (χ2v) is 6.18. The summed E-state index contributed by atoms with van der Waals surface area (Å²) in [5.41, 5.74) is 0.882. The number of halogens is 2. The van der Waals surface area contributed by atoms with E-state index in [9.17, 15) is 4.39 Å². The van der Waals surface area contributed by atoms with E-state index in [-0.39, 0.29) is 11.9 Å². The third-order valence-electron chi connectivity index (χ3n) is 4.28. The second-order valence-electron chi connectivity index (χ2n) is 5.77. The van der Waals surface area contributed by atoms with Crippen LogP contribution in [0.3, 0.4) is 0 Å². The molecule has 0 aromatic heterocycles. The minimum absolute atomic E-state index is 0.224. The lowest BCUT2D eigenvalue weighted by Crippen LogP contribution is -2.42. The first-order valence-corrected chi connectivity index (χ1v) is 8.32. The van der Waals surface area contributed by atoms with Crippen molar-refractivity contribution in [2.75, 3.05) is 13.2 Å². The zero-order chi connectivity index (χ0) is 15.2. The zero-order valence-corrected chi connectivity index (χ0v) is 13.6. The van der Waals surface area contributed by atoms with Gasteiger partial charge in [-0.3, -0.25) is 0 Å². The molecule has 1 fully saturated rings. The molecule has 3 atom stereocenters. The average Bonchev–Trinajstić information content (AvgIpc) is 2.95. The molecule has 0 aliphatic carbocycles. The number of hydrogen-bond acceptors (Lipinski definition) is 2. The number of ether oxygens (including phenoxy) is 1. The van der Waals surface area contributed by atoms with Crippen molar-refractivity contribution in [2.24, 2.45) is 5.92 Å². The molecule has 4 heteroatoms. The molecule has 1 aromatic rings. The molecule has 1 aliphatic heterocycles. The molecule has 2 rings (SSSR count). The number of hydrogen-bond donors (Lipinski definition) is 1. The van der Waals surface area contributed by atoms with Crippen LogP contribution in [0.15, 0.2) is 18.2 Å². The fourth-order valence-electron chi connectivity index (χ4n) is 3.19. The molecular weight excluding hydrogens is 289 g/mol. The van der Waals surface area contributed by atoms with Crippen LogP contribution in [0.25, 0.3) is 0 Å². The maximum Gasteiger partial charge on any atom is 0.123 e. The first kappa shape index (κ1) is 16.7. The van der Waals surface area contributed by atoms with Gasteiger partial charge in [-0.25, -0.2) is 4.39 Å². The van der Waals surface area contributed by atoms with Crippen LogP contribution in [-0.4, -0.2) is 25.3 Å². The lowest BCUT2D eigenvalue weighted by molar-refractivity contribution is 0.0774. The Morgan fingerprint density at radius 3 is 2.95 bits per heavy atom. The number of benzene rings is 1. The largest absolute Gasteiger partial charge is 0.378 e. The Balaban J connectivity index is 2.13. The van der Waals surface area contributed by atoms with E-state index in [0.717, 1.165) is 44.4 Å². The van der Waals surface area contributed by atoms with Crippen molar-refractivity contribution in [3.8, 4) is 0 Å². The normalized spacial score (nSPS) is 23.4. The smallest absolute Gasteiger partial charge is 0.123 e. The highest BCUT2D eigenvalue weighted by molar-refractivity contribution is 6.31. The zero-order valence-electron chi connectivity index (χ0n) is 12.9. The fraction of sp³-hybridized carbons (Fsp3) is 0.647. The Kier molecular flexibility index (Phi) is 6.46. The highest BCUT2D eigenvalue weighted by Crippen LogP contribution is 2.30. The maximum atomic E-state index is 13.5. The lowest BCUT2D eigenvalue weighted by atomic mass is 9.87. The summed E-state index contributed by atoms with van der Waals surface area (Å²) in [5.74, 6) is 0.249. The van der Waals surface area contributed by atoms with E-state index in [1.807, 2.05) is 0 Å². The topological polar surface area (TPSA) is 21.3 Å².